The van der Waals surface area contributed by atoms with Gasteiger partial charge in [0.25, 0.3) is 0 Å². The number of rotatable bonds is 8. The van der Waals surface area contributed by atoms with Gasteiger partial charge in [-0.2, -0.15) is 0 Å². The molecule has 2 aromatic heterocycles. The second kappa shape index (κ2) is 17.0. The van der Waals surface area contributed by atoms with Gasteiger partial charge in [0.05, 0.1) is 0 Å². The molecule has 9 rings (SSSR count). The average molecular weight is 759 g/mol. The van der Waals surface area contributed by atoms with Gasteiger partial charge in [-0.05, 0) is 29.2 Å². The van der Waals surface area contributed by atoms with Gasteiger partial charge in [-0.15, -0.1) is 0 Å². The molecule has 0 N–H and O–H groups in total. The summed E-state index contributed by atoms with van der Waals surface area (Å²) in [4.78, 5) is 29.3. The van der Waals surface area contributed by atoms with E-state index in [1.165, 1.54) is 0 Å². The molecule has 0 saturated heterocycles. The van der Waals surface area contributed by atoms with E-state index in [1.54, 1.807) is 0 Å². The Bertz CT molecular complexity index is 2790. The molecule has 0 unspecified atom stereocenters. The lowest BCUT2D eigenvalue weighted by Gasteiger charge is -2.09. The van der Waals surface area contributed by atoms with Gasteiger partial charge < -0.3 is 0 Å². The minimum atomic E-state index is 0.631. The van der Waals surface area contributed by atoms with Crippen molar-refractivity contribution < 1.29 is 0 Å². The van der Waals surface area contributed by atoms with Crippen LogP contribution in [0.4, 0.5) is 0 Å². The summed E-state index contributed by atoms with van der Waals surface area (Å²) in [6, 6.07) is 72.0. The third-order valence-corrected chi connectivity index (χ3v) is 9.92. The Balaban J connectivity index is 0.989. The molecule has 0 fully saturated rings. The zero-order valence-corrected chi connectivity index (χ0v) is 32.4. The Morgan fingerprint density at radius 2 is 0.407 bits per heavy atom. The second-order valence-corrected chi connectivity index (χ2v) is 14.1. The predicted molar refractivity (Wildman–Crippen MR) is 239 cm³/mol. The maximum absolute atomic E-state index is 4.90. The first kappa shape index (κ1) is 36.7. The van der Waals surface area contributed by atoms with Gasteiger partial charge in [0, 0.05) is 33.4 Å². The van der Waals surface area contributed by atoms with Crippen LogP contribution in [0.25, 0.3) is 90.6 Å². The van der Waals surface area contributed by atoms with Gasteiger partial charge in [-0.25, -0.2) is 29.9 Å². The van der Waals surface area contributed by atoms with Crippen molar-refractivity contribution in [1.29, 1.82) is 0 Å². The zero-order chi connectivity index (χ0) is 39.8. The predicted octanol–water partition coefficient (Wildman–Crippen LogP) is 12.8. The Morgan fingerprint density at radius 3 is 0.746 bits per heavy atom. The number of aromatic nitrogens is 6. The Labute approximate surface area is 344 Å². The molecule has 0 saturated carbocycles. The van der Waals surface area contributed by atoms with Gasteiger partial charge in [-0.1, -0.05) is 218 Å². The molecule has 0 amide bonds. The van der Waals surface area contributed by atoms with Crippen molar-refractivity contribution >= 4 is 0 Å². The van der Waals surface area contributed by atoms with Crippen LogP contribution in [0.1, 0.15) is 5.56 Å². The lowest BCUT2D eigenvalue weighted by molar-refractivity contribution is 1.07. The van der Waals surface area contributed by atoms with Crippen LogP contribution in [0.5, 0.6) is 0 Å². The fourth-order valence-electron chi connectivity index (χ4n) is 6.81. The molecule has 7 aromatic carbocycles. The SMILES string of the molecule is Cc1ccc(-c2ccc(-c3nc(-c4ccccc4)nc(-c4ccccc4)n3)cc2)ccccc(-c2ccc(-c3nc(-c4ccccc4)nc(-c4ccccc4)n3)cc2)c1. The van der Waals surface area contributed by atoms with Crippen LogP contribution in [0.15, 0.2) is 212 Å². The summed E-state index contributed by atoms with van der Waals surface area (Å²) in [5.74, 6) is 3.84. The molecule has 280 valence electrons. The molecular formula is C53H38N6. The quantitative estimate of drug-likeness (QED) is 0.154. The first-order chi connectivity index (χ1) is 29.1. The van der Waals surface area contributed by atoms with Gasteiger partial charge in [0.2, 0.25) is 0 Å². The monoisotopic (exact) mass is 758 g/mol. The third-order valence-electron chi connectivity index (χ3n) is 9.92. The first-order valence-electron chi connectivity index (χ1n) is 19.5. The molecular weight excluding hydrogens is 721 g/mol. The van der Waals surface area contributed by atoms with Crippen LogP contribution in [0.2, 0.25) is 0 Å². The topological polar surface area (TPSA) is 77.3 Å². The molecule has 9 aromatic rings. The largest absolute Gasteiger partial charge is 0.208 e. The summed E-state index contributed by atoms with van der Waals surface area (Å²) in [6.45, 7) is 2.13. The smallest absolute Gasteiger partial charge is 0.164 e. The molecule has 0 atom stereocenters. The zero-order valence-electron chi connectivity index (χ0n) is 32.4. The summed E-state index contributed by atoms with van der Waals surface area (Å²) in [5.41, 5.74) is 11.1. The fraction of sp³-hybridized carbons (Fsp3) is 0.0189. The molecule has 0 aliphatic heterocycles. The molecule has 0 aliphatic carbocycles. The third kappa shape index (κ3) is 8.58. The number of aryl methyl sites for hydroxylation is 1. The van der Waals surface area contributed by atoms with E-state index in [-0.39, 0.29) is 0 Å². The highest BCUT2D eigenvalue weighted by atomic mass is 15.0. The van der Waals surface area contributed by atoms with Crippen LogP contribution in [-0.2, 0) is 0 Å². The highest BCUT2D eigenvalue weighted by molar-refractivity contribution is 5.72. The molecule has 2 heterocycles. The van der Waals surface area contributed by atoms with E-state index in [4.69, 9.17) is 29.9 Å². The molecule has 0 aliphatic rings. The normalized spacial score (nSPS) is 10.8. The van der Waals surface area contributed by atoms with Gasteiger partial charge >= 0.3 is 0 Å². The highest BCUT2D eigenvalue weighted by Crippen LogP contribution is 2.29. The van der Waals surface area contributed by atoms with Crippen molar-refractivity contribution in [3.8, 4) is 90.6 Å². The fourth-order valence-corrected chi connectivity index (χ4v) is 6.81. The van der Waals surface area contributed by atoms with E-state index in [1.807, 2.05) is 121 Å². The summed E-state index contributed by atoms with van der Waals surface area (Å²) in [5, 5.41) is 0. The molecule has 0 radical (unpaired) electrons. The minimum absolute atomic E-state index is 0.631. The first-order valence-corrected chi connectivity index (χ1v) is 19.5. The molecule has 0 spiro atoms. The van der Waals surface area contributed by atoms with Crippen LogP contribution < -0.4 is 0 Å². The van der Waals surface area contributed by atoms with E-state index in [2.05, 4.69) is 97.9 Å². The Hall–Kier alpha value is -7.96. The van der Waals surface area contributed by atoms with Gasteiger partial charge in [0.15, 0.2) is 34.9 Å². The van der Waals surface area contributed by atoms with E-state index in [0.717, 1.165) is 61.2 Å². The molecule has 0 bridgehead atoms. The number of nitrogens with zero attached hydrogens (tertiary/aromatic N) is 6. The average Bonchev–Trinajstić information content (AvgIpc) is 3.32. The van der Waals surface area contributed by atoms with Crippen molar-refractivity contribution in [3.63, 3.8) is 0 Å². The molecule has 6 heteroatoms. The summed E-state index contributed by atoms with van der Waals surface area (Å²) < 4.78 is 0. The maximum Gasteiger partial charge on any atom is 0.164 e. The van der Waals surface area contributed by atoms with Crippen molar-refractivity contribution in [2.24, 2.45) is 0 Å². The molecule has 59 heavy (non-hydrogen) atoms. The maximum atomic E-state index is 4.90. The van der Waals surface area contributed by atoms with E-state index in [9.17, 15) is 0 Å². The number of benzene rings is 6. The number of hydrogen-bond donors (Lipinski definition) is 0. The van der Waals surface area contributed by atoms with Crippen LogP contribution in [-0.4, -0.2) is 29.9 Å². The Kier molecular flexibility index (Phi) is 10.6. The summed E-state index contributed by atoms with van der Waals surface area (Å²) >= 11 is 0. The van der Waals surface area contributed by atoms with E-state index < -0.39 is 0 Å². The van der Waals surface area contributed by atoms with Crippen LogP contribution >= 0.6 is 0 Å². The van der Waals surface area contributed by atoms with Crippen molar-refractivity contribution in [2.45, 2.75) is 6.92 Å². The van der Waals surface area contributed by atoms with Crippen LogP contribution in [0.3, 0.4) is 0 Å². The van der Waals surface area contributed by atoms with E-state index >= 15 is 0 Å². The Morgan fingerprint density at radius 1 is 0.203 bits per heavy atom. The van der Waals surface area contributed by atoms with Gasteiger partial charge in [0.1, 0.15) is 0 Å². The standard InChI is InChI=1S/C53H38N6/c1-37-26-27-38(39-28-32-45(33-29-39)52-56-48(41-17-6-2-7-18-41)54-49(57-52)42-19-8-3-9-20-42)16-14-15-25-47(36-37)40-30-34-46(35-31-40)53-58-50(43-21-10-4-11-22-43)55-51(59-53)44-23-12-5-13-24-44/h2-36H,1H3. The van der Waals surface area contributed by atoms with Crippen molar-refractivity contribution in [2.75, 3.05) is 0 Å². The van der Waals surface area contributed by atoms with Gasteiger partial charge in [-0.3, -0.25) is 0 Å². The van der Waals surface area contributed by atoms with Crippen molar-refractivity contribution in [1.82, 2.24) is 29.9 Å². The lowest BCUT2D eigenvalue weighted by atomic mass is 10.0. The highest BCUT2D eigenvalue weighted by Gasteiger charge is 2.14. The van der Waals surface area contributed by atoms with Crippen molar-refractivity contribution in [3.05, 3.63) is 218 Å². The summed E-state index contributed by atoms with van der Waals surface area (Å²) in [6.07, 6.45) is 0. The second-order valence-electron chi connectivity index (χ2n) is 14.1. The lowest BCUT2D eigenvalue weighted by Crippen LogP contribution is -2.00. The van der Waals surface area contributed by atoms with Crippen LogP contribution in [0, 0.1) is 6.92 Å². The summed E-state index contributed by atoms with van der Waals surface area (Å²) in [7, 11) is 0. The molecule has 6 nitrogen and oxygen atoms in total. The number of hydrogen-bond acceptors (Lipinski definition) is 6. The van der Waals surface area contributed by atoms with E-state index in [0.29, 0.717) is 34.9 Å². The minimum Gasteiger partial charge on any atom is -0.208 e.